The molecule has 0 spiro atoms. The zero-order valence-electron chi connectivity index (χ0n) is 18.0. The summed E-state index contributed by atoms with van der Waals surface area (Å²) in [4.78, 5) is 35.2. The topological polar surface area (TPSA) is 99.0 Å². The zero-order chi connectivity index (χ0) is 22.5. The van der Waals surface area contributed by atoms with Gasteiger partial charge in [0, 0.05) is 38.2 Å². The Morgan fingerprint density at radius 2 is 2.07 bits per heavy atom. The molecule has 1 aromatic rings. The maximum Gasteiger partial charge on any atom is 0.316 e. The van der Waals surface area contributed by atoms with Crippen LogP contribution in [-0.2, 0) is 20.9 Å². The molecule has 8 nitrogen and oxygen atoms in total. The smallest absolute Gasteiger partial charge is 0.316 e. The third-order valence-electron chi connectivity index (χ3n) is 4.26. The highest BCUT2D eigenvalue weighted by Gasteiger charge is 2.14. The highest BCUT2D eigenvalue weighted by atomic mass is 32.2. The van der Waals surface area contributed by atoms with Crippen LogP contribution < -0.4 is 4.74 Å². The normalized spacial score (nSPS) is 12.3. The lowest BCUT2D eigenvalue weighted by Gasteiger charge is -2.16. The summed E-state index contributed by atoms with van der Waals surface area (Å²) in [7, 11) is 3.11. The van der Waals surface area contributed by atoms with Crippen molar-refractivity contribution in [2.24, 2.45) is 0 Å². The van der Waals surface area contributed by atoms with Crippen molar-refractivity contribution in [3.63, 3.8) is 0 Å². The van der Waals surface area contributed by atoms with E-state index in [0.29, 0.717) is 23.7 Å². The summed E-state index contributed by atoms with van der Waals surface area (Å²) in [5.74, 6) is 0.813. The van der Waals surface area contributed by atoms with Crippen LogP contribution in [0.3, 0.4) is 0 Å². The van der Waals surface area contributed by atoms with Crippen molar-refractivity contribution >= 4 is 29.3 Å². The van der Waals surface area contributed by atoms with Gasteiger partial charge in [-0.2, -0.15) is 0 Å². The minimum atomic E-state index is -0.475. The van der Waals surface area contributed by atoms with E-state index >= 15 is 0 Å². The number of carbonyl (C=O) groups excluding carboxylic acids is 2. The van der Waals surface area contributed by atoms with Gasteiger partial charge in [-0.05, 0) is 36.7 Å². The van der Waals surface area contributed by atoms with Crippen molar-refractivity contribution < 1.29 is 24.0 Å². The molecule has 0 saturated heterocycles. The van der Waals surface area contributed by atoms with Crippen molar-refractivity contribution in [2.75, 3.05) is 26.5 Å². The summed E-state index contributed by atoms with van der Waals surface area (Å²) in [5, 5.41) is 10.7. The fourth-order valence-corrected chi connectivity index (χ4v) is 3.46. The number of hydrogen-bond acceptors (Lipinski definition) is 7. The lowest BCUT2D eigenvalue weighted by molar-refractivity contribution is -0.385. The molecular weight excluding hydrogens is 408 g/mol. The summed E-state index contributed by atoms with van der Waals surface area (Å²) in [6.45, 7) is 4.27. The van der Waals surface area contributed by atoms with Gasteiger partial charge in [-0.1, -0.05) is 13.0 Å². The van der Waals surface area contributed by atoms with Crippen LogP contribution in [0.15, 0.2) is 29.2 Å². The van der Waals surface area contributed by atoms with Crippen LogP contribution in [0.4, 0.5) is 5.69 Å². The van der Waals surface area contributed by atoms with Crippen LogP contribution in [-0.4, -0.2) is 48.2 Å². The molecule has 0 atom stereocenters. The molecule has 9 heteroatoms. The van der Waals surface area contributed by atoms with Crippen molar-refractivity contribution in [1.29, 1.82) is 0 Å². The van der Waals surface area contributed by atoms with Gasteiger partial charge in [0.2, 0.25) is 5.91 Å². The lowest BCUT2D eigenvalue weighted by atomic mass is 10.1. The molecule has 0 fully saturated rings. The van der Waals surface area contributed by atoms with Gasteiger partial charge in [0.25, 0.3) is 5.69 Å². The third kappa shape index (κ3) is 9.30. The first-order valence-electron chi connectivity index (χ1n) is 9.78. The Morgan fingerprint density at radius 3 is 2.60 bits per heavy atom. The third-order valence-corrected chi connectivity index (χ3v) is 5.38. The number of non-ortho nitro benzene ring substituents is 1. The molecule has 0 radical (unpaired) electrons. The molecular formula is C21H30N2O6S. The number of allylic oxidation sites excluding steroid dienone is 2. The molecule has 0 saturated carbocycles. The summed E-state index contributed by atoms with van der Waals surface area (Å²) in [6, 6.07) is 4.32. The van der Waals surface area contributed by atoms with Crippen LogP contribution in [0.1, 0.15) is 45.1 Å². The molecule has 0 bridgehead atoms. The molecule has 1 aliphatic rings. The van der Waals surface area contributed by atoms with Gasteiger partial charge >= 0.3 is 5.97 Å². The predicted molar refractivity (Wildman–Crippen MR) is 117 cm³/mol. The Labute approximate surface area is 181 Å². The summed E-state index contributed by atoms with van der Waals surface area (Å²) in [5.41, 5.74) is 0.595. The number of hydrogen-bond donors (Lipinski definition) is 0. The Hall–Kier alpha value is -2.55. The first kappa shape index (κ1) is 25.5. The molecule has 0 unspecified atom stereocenters. The number of esters is 1. The maximum absolute atomic E-state index is 11.1. The minimum Gasteiger partial charge on any atom is -0.496 e. The summed E-state index contributed by atoms with van der Waals surface area (Å²) >= 11 is 1.63. The molecule has 30 heavy (non-hydrogen) atoms. The van der Waals surface area contributed by atoms with Gasteiger partial charge in [0.15, 0.2) is 0 Å². The van der Waals surface area contributed by atoms with Crippen LogP contribution in [0.25, 0.3) is 0 Å². The molecule has 166 valence electrons. The minimum absolute atomic E-state index is 0.0160. The highest BCUT2D eigenvalue weighted by molar-refractivity contribution is 8.03. The summed E-state index contributed by atoms with van der Waals surface area (Å²) < 4.78 is 10.1. The number of nitro groups is 1. The fourth-order valence-electron chi connectivity index (χ4n) is 2.55. The Kier molecular flexibility index (Phi) is 11.6. The second kappa shape index (κ2) is 13.6. The van der Waals surface area contributed by atoms with E-state index in [9.17, 15) is 19.7 Å². The Morgan fingerprint density at radius 1 is 1.33 bits per heavy atom. The molecule has 0 N–H and O–H groups in total. The van der Waals surface area contributed by atoms with E-state index in [-0.39, 0.29) is 24.1 Å². The average molecular weight is 439 g/mol. The molecule has 1 aliphatic carbocycles. The molecule has 0 aliphatic heterocycles. The van der Waals surface area contributed by atoms with E-state index < -0.39 is 4.92 Å². The van der Waals surface area contributed by atoms with Gasteiger partial charge in [-0.3, -0.25) is 19.7 Å². The standard InChI is InChI=1S/C11H14N2O4.C10H16O2S/c1-8(14)12(2)7-9-6-10(13(15)16)4-5-11(9)17-3;1-2-7-12-10(11)8-13-9-5-3-4-6-9/h4-6H,7H2,1-3H3;5H,2-4,6-8H2,1H3. The maximum atomic E-state index is 11.1. The van der Waals surface area contributed by atoms with E-state index in [1.54, 1.807) is 18.8 Å². The lowest BCUT2D eigenvalue weighted by Crippen LogP contribution is -2.23. The molecule has 0 heterocycles. The highest BCUT2D eigenvalue weighted by Crippen LogP contribution is 2.28. The van der Waals surface area contributed by atoms with E-state index in [4.69, 9.17) is 9.47 Å². The van der Waals surface area contributed by atoms with Crippen molar-refractivity contribution in [3.8, 4) is 5.75 Å². The Bertz CT molecular complexity index is 766. The Balaban J connectivity index is 0.000000311. The number of methoxy groups -OCH3 is 1. The predicted octanol–water partition coefficient (Wildman–Crippen LogP) is 4.32. The fraction of sp³-hybridized carbons (Fsp3) is 0.524. The second-order valence-corrected chi connectivity index (χ2v) is 7.80. The quantitative estimate of drug-likeness (QED) is 0.321. The van der Waals surface area contributed by atoms with Crippen molar-refractivity contribution in [2.45, 2.75) is 46.1 Å². The van der Waals surface area contributed by atoms with Crippen molar-refractivity contribution in [1.82, 2.24) is 4.90 Å². The van der Waals surface area contributed by atoms with Gasteiger partial charge in [-0.15, -0.1) is 11.8 Å². The first-order valence-corrected chi connectivity index (χ1v) is 10.8. The first-order chi connectivity index (χ1) is 14.3. The molecule has 0 aromatic heterocycles. The van der Waals surface area contributed by atoms with Gasteiger partial charge in [0.1, 0.15) is 5.75 Å². The number of nitro benzene ring substituents is 1. The van der Waals surface area contributed by atoms with Crippen LogP contribution in [0.2, 0.25) is 0 Å². The molecule has 1 aromatic carbocycles. The number of thioether (sulfide) groups is 1. The van der Waals surface area contributed by atoms with E-state index in [1.807, 2.05) is 6.92 Å². The van der Waals surface area contributed by atoms with Crippen LogP contribution in [0.5, 0.6) is 5.75 Å². The number of carbonyl (C=O) groups is 2. The van der Waals surface area contributed by atoms with E-state index in [0.717, 1.165) is 12.8 Å². The SMILES string of the molecule is CCCOC(=O)CSC1=CCCC1.COc1ccc([N+](=O)[O-])cc1CN(C)C(C)=O. The van der Waals surface area contributed by atoms with Gasteiger partial charge in [0.05, 0.1) is 24.4 Å². The van der Waals surface area contributed by atoms with E-state index in [1.165, 1.54) is 54.9 Å². The zero-order valence-corrected chi connectivity index (χ0v) is 18.8. The largest absolute Gasteiger partial charge is 0.496 e. The number of nitrogens with zero attached hydrogens (tertiary/aromatic N) is 2. The number of ether oxygens (including phenoxy) is 2. The van der Waals surface area contributed by atoms with Crippen molar-refractivity contribution in [3.05, 3.63) is 44.9 Å². The second-order valence-electron chi connectivity index (χ2n) is 6.70. The van der Waals surface area contributed by atoms with Crippen LogP contribution in [0, 0.1) is 10.1 Å². The molecule has 2 rings (SSSR count). The van der Waals surface area contributed by atoms with Gasteiger partial charge < -0.3 is 14.4 Å². The van der Waals surface area contributed by atoms with Crippen LogP contribution >= 0.6 is 11.8 Å². The molecule has 1 amide bonds. The number of benzene rings is 1. The average Bonchev–Trinajstić information content (AvgIpc) is 3.24. The van der Waals surface area contributed by atoms with Gasteiger partial charge in [-0.25, -0.2) is 0 Å². The number of rotatable bonds is 9. The van der Waals surface area contributed by atoms with E-state index in [2.05, 4.69) is 6.08 Å². The number of amides is 1. The summed E-state index contributed by atoms with van der Waals surface area (Å²) in [6.07, 6.45) is 6.68. The monoisotopic (exact) mass is 438 g/mol.